The van der Waals surface area contributed by atoms with Gasteiger partial charge < -0.3 is 15.3 Å². The van der Waals surface area contributed by atoms with E-state index in [1.807, 2.05) is 13.8 Å². The van der Waals surface area contributed by atoms with Crippen LogP contribution in [0.1, 0.15) is 86.0 Å². The van der Waals surface area contributed by atoms with E-state index < -0.39 is 12.0 Å². The molecule has 0 aromatic carbocycles. The first-order chi connectivity index (χ1) is 15.6. The van der Waals surface area contributed by atoms with E-state index in [1.165, 1.54) is 0 Å². The number of hydrogen-bond donors (Lipinski definition) is 2. The number of rotatable bonds is 10. The summed E-state index contributed by atoms with van der Waals surface area (Å²) in [4.78, 5) is 42.6. The van der Waals surface area contributed by atoms with Crippen LogP contribution >= 0.6 is 0 Å². The maximum absolute atomic E-state index is 13.7. The van der Waals surface area contributed by atoms with E-state index in [4.69, 9.17) is 0 Å². The molecule has 1 aliphatic heterocycles. The third kappa shape index (κ3) is 7.05. The van der Waals surface area contributed by atoms with Gasteiger partial charge in [0.25, 0.3) is 0 Å². The highest BCUT2D eigenvalue weighted by atomic mass is 16.4. The van der Waals surface area contributed by atoms with Gasteiger partial charge in [-0.25, -0.2) is 4.79 Å². The van der Waals surface area contributed by atoms with Crippen molar-refractivity contribution in [1.82, 2.24) is 15.1 Å². The maximum atomic E-state index is 13.7. The summed E-state index contributed by atoms with van der Waals surface area (Å²) in [5, 5.41) is 12.5. The summed E-state index contributed by atoms with van der Waals surface area (Å²) in [7, 11) is 1.73. The fraction of sp³-hybridized carbons (Fsp3) is 0.808. The fourth-order valence-corrected chi connectivity index (χ4v) is 5.36. The highest BCUT2D eigenvalue weighted by Crippen LogP contribution is 2.30. The Balaban J connectivity index is 2.26. The molecule has 7 nitrogen and oxygen atoms in total. The molecule has 7 heteroatoms. The molecule has 2 unspecified atom stereocenters. The Morgan fingerprint density at radius 3 is 2.24 bits per heavy atom. The molecule has 1 aliphatic carbocycles. The zero-order valence-electron chi connectivity index (χ0n) is 21.5. The first-order valence-electron chi connectivity index (χ1n) is 12.8. The van der Waals surface area contributed by atoms with Gasteiger partial charge in [-0.05, 0) is 64.3 Å². The number of carboxylic acid groups (broad SMARTS) is 1. The average Bonchev–Trinajstić information content (AvgIpc) is 3.33. The van der Waals surface area contributed by atoms with Gasteiger partial charge in [0.2, 0.25) is 11.8 Å². The zero-order chi connectivity index (χ0) is 24.7. The number of piperidine rings is 1. The van der Waals surface area contributed by atoms with E-state index in [1.54, 1.807) is 24.9 Å². The molecule has 188 valence electrons. The minimum absolute atomic E-state index is 0.0352. The molecule has 33 heavy (non-hydrogen) atoms. The Labute approximate surface area is 200 Å². The second-order valence-corrected chi connectivity index (χ2v) is 10.4. The van der Waals surface area contributed by atoms with Gasteiger partial charge in [-0.3, -0.25) is 14.5 Å². The second kappa shape index (κ2) is 12.5. The van der Waals surface area contributed by atoms with Gasteiger partial charge in [-0.1, -0.05) is 46.1 Å². The molecule has 4 atom stereocenters. The smallest absolute Gasteiger partial charge is 0.331 e. The van der Waals surface area contributed by atoms with Crippen LogP contribution in [0.3, 0.4) is 0 Å². The van der Waals surface area contributed by atoms with Crippen molar-refractivity contribution in [1.29, 1.82) is 0 Å². The van der Waals surface area contributed by atoms with Crippen molar-refractivity contribution in [3.8, 4) is 0 Å². The average molecular weight is 464 g/mol. The van der Waals surface area contributed by atoms with Crippen molar-refractivity contribution < 1.29 is 19.5 Å². The number of carbonyl (C=O) groups is 3. The molecule has 1 saturated heterocycles. The van der Waals surface area contributed by atoms with E-state index in [2.05, 4.69) is 24.1 Å². The molecular weight excluding hydrogens is 418 g/mol. The number of hydrogen-bond acceptors (Lipinski definition) is 4. The molecule has 2 N–H and O–H groups in total. The van der Waals surface area contributed by atoms with Crippen molar-refractivity contribution in [3.63, 3.8) is 0 Å². The lowest BCUT2D eigenvalue weighted by molar-refractivity contribution is -0.140. The van der Waals surface area contributed by atoms with Gasteiger partial charge in [0, 0.05) is 18.7 Å². The van der Waals surface area contributed by atoms with Crippen LogP contribution in [-0.2, 0) is 14.4 Å². The minimum atomic E-state index is -0.982. The Kier molecular flexibility index (Phi) is 10.4. The van der Waals surface area contributed by atoms with Crippen molar-refractivity contribution in [2.24, 2.45) is 11.8 Å². The minimum Gasteiger partial charge on any atom is -0.478 e. The summed E-state index contributed by atoms with van der Waals surface area (Å²) >= 11 is 0. The molecular formula is C26H45N3O4. The Bertz CT molecular complexity index is 714. The lowest BCUT2D eigenvalue weighted by Crippen LogP contribution is -2.59. The molecule has 2 amide bonds. The van der Waals surface area contributed by atoms with Crippen LogP contribution in [-0.4, -0.2) is 70.4 Å². The summed E-state index contributed by atoms with van der Waals surface area (Å²) in [6.45, 7) is 10.8. The highest BCUT2D eigenvalue weighted by molar-refractivity contribution is 5.90. The number of likely N-dealkylation sites (N-methyl/N-ethyl adjacent to an activating group) is 1. The normalized spacial score (nSPS) is 23.2. The number of nitrogens with zero attached hydrogens (tertiary/aromatic N) is 2. The summed E-state index contributed by atoms with van der Waals surface area (Å²) < 4.78 is 0. The van der Waals surface area contributed by atoms with Crippen LogP contribution in [0, 0.1) is 11.8 Å². The van der Waals surface area contributed by atoms with Crippen molar-refractivity contribution >= 4 is 17.8 Å². The summed E-state index contributed by atoms with van der Waals surface area (Å²) in [5.41, 5.74) is 0.223. The van der Waals surface area contributed by atoms with E-state index in [9.17, 15) is 19.5 Å². The number of carboxylic acids is 1. The molecule has 0 aromatic heterocycles. The van der Waals surface area contributed by atoms with E-state index in [-0.39, 0.29) is 41.3 Å². The summed E-state index contributed by atoms with van der Waals surface area (Å²) in [5.74, 6) is -0.958. The van der Waals surface area contributed by atoms with Crippen molar-refractivity contribution in [2.45, 2.75) is 110 Å². The fourth-order valence-electron chi connectivity index (χ4n) is 5.36. The van der Waals surface area contributed by atoms with Gasteiger partial charge in [0.05, 0.1) is 12.1 Å². The van der Waals surface area contributed by atoms with E-state index in [0.717, 1.165) is 57.9 Å². The molecule has 1 heterocycles. The van der Waals surface area contributed by atoms with Crippen LogP contribution in [0.25, 0.3) is 0 Å². The zero-order valence-corrected chi connectivity index (χ0v) is 21.5. The number of aliphatic carboxylic acids is 1. The first kappa shape index (κ1) is 27.4. The predicted molar refractivity (Wildman–Crippen MR) is 131 cm³/mol. The van der Waals surface area contributed by atoms with Crippen LogP contribution in [0.15, 0.2) is 11.6 Å². The van der Waals surface area contributed by atoms with E-state index in [0.29, 0.717) is 6.04 Å². The molecule has 2 fully saturated rings. The molecule has 1 saturated carbocycles. The van der Waals surface area contributed by atoms with Gasteiger partial charge in [0.15, 0.2) is 0 Å². The lowest BCUT2D eigenvalue weighted by Gasteiger charge is -2.40. The Hall–Kier alpha value is -1.89. The molecule has 2 aliphatic rings. The molecule has 0 aromatic rings. The van der Waals surface area contributed by atoms with Crippen molar-refractivity contribution in [2.75, 3.05) is 13.6 Å². The molecule has 0 spiro atoms. The lowest BCUT2D eigenvalue weighted by atomic mass is 9.93. The van der Waals surface area contributed by atoms with Crippen LogP contribution < -0.4 is 5.32 Å². The van der Waals surface area contributed by atoms with Crippen molar-refractivity contribution in [3.05, 3.63) is 11.6 Å². The number of likely N-dealkylation sites (tertiary alicyclic amines) is 1. The summed E-state index contributed by atoms with van der Waals surface area (Å²) in [6, 6.07) is -0.768. The molecule has 0 bridgehead atoms. The molecule has 0 radical (unpaired) electrons. The largest absolute Gasteiger partial charge is 0.478 e. The van der Waals surface area contributed by atoms with E-state index >= 15 is 0 Å². The predicted octanol–water partition coefficient (Wildman–Crippen LogP) is 3.83. The van der Waals surface area contributed by atoms with Crippen LogP contribution in [0.5, 0.6) is 0 Å². The van der Waals surface area contributed by atoms with Gasteiger partial charge >= 0.3 is 5.97 Å². The highest BCUT2D eigenvalue weighted by Gasteiger charge is 2.39. The maximum Gasteiger partial charge on any atom is 0.331 e. The topological polar surface area (TPSA) is 90.0 Å². The van der Waals surface area contributed by atoms with Gasteiger partial charge in [-0.2, -0.15) is 0 Å². The number of nitrogens with one attached hydrogen (secondary N) is 1. The molecule has 2 rings (SSSR count). The quantitative estimate of drug-likeness (QED) is 0.481. The first-order valence-corrected chi connectivity index (χ1v) is 12.8. The SMILES string of the molecule is CCC(C)N1CCCC[C@@H]1C(=O)NC(C(=O)N(C)[C@H](/C=C(\C)C(=O)O)C(C)C)C1CCCC1. The Morgan fingerprint density at radius 1 is 1.09 bits per heavy atom. The van der Waals surface area contributed by atoms with Crippen LogP contribution in [0.4, 0.5) is 0 Å². The number of amides is 2. The van der Waals surface area contributed by atoms with Gasteiger partial charge in [0.1, 0.15) is 6.04 Å². The second-order valence-electron chi connectivity index (χ2n) is 10.4. The van der Waals surface area contributed by atoms with Crippen LogP contribution in [0.2, 0.25) is 0 Å². The standard InChI is InChI=1S/C26H45N3O4/c1-7-19(5)29-15-11-10-14-21(29)24(30)27-23(20-12-8-9-13-20)25(31)28(6)22(17(2)3)16-18(4)26(32)33/h16-17,19-23H,7-15H2,1-6H3,(H,27,30)(H,32,33)/b18-16+/t19?,21-,22-,23?/m1/s1. The Morgan fingerprint density at radius 2 is 1.70 bits per heavy atom. The summed E-state index contributed by atoms with van der Waals surface area (Å²) in [6.07, 6.45) is 9.61. The number of carbonyl (C=O) groups excluding carboxylic acids is 2. The third-order valence-corrected chi connectivity index (χ3v) is 7.67. The monoisotopic (exact) mass is 463 g/mol. The third-order valence-electron chi connectivity index (χ3n) is 7.67. The van der Waals surface area contributed by atoms with Gasteiger partial charge in [-0.15, -0.1) is 0 Å².